The van der Waals surface area contributed by atoms with Gasteiger partial charge in [-0.25, -0.2) is 14.8 Å². The molecule has 0 spiro atoms. The van der Waals surface area contributed by atoms with E-state index >= 15 is 0 Å². The third-order valence-electron chi connectivity index (χ3n) is 2.90. The number of aromatic nitrogens is 2. The van der Waals surface area contributed by atoms with E-state index in [-0.39, 0.29) is 5.56 Å². The smallest absolute Gasteiger partial charge is 0.339 e. The minimum atomic E-state index is -1.01. The Morgan fingerprint density at radius 3 is 2.26 bits per heavy atom. The number of benzene rings is 1. The predicted molar refractivity (Wildman–Crippen MR) is 76.3 cm³/mol. The molecule has 4 nitrogen and oxygen atoms in total. The molecular formula is C14H13BrN2O2. The molecule has 0 unspecified atom stereocenters. The minimum Gasteiger partial charge on any atom is -0.478 e. The molecule has 2 rings (SSSR count). The van der Waals surface area contributed by atoms with Gasteiger partial charge in [0.2, 0.25) is 0 Å². The maximum absolute atomic E-state index is 10.9. The number of nitrogens with zero attached hydrogens (tertiary/aromatic N) is 2. The van der Waals surface area contributed by atoms with E-state index in [1.807, 2.05) is 26.0 Å². The molecule has 0 aliphatic carbocycles. The number of carbonyl (C=O) groups is 1. The number of hydrogen-bond donors (Lipinski definition) is 1. The van der Waals surface area contributed by atoms with Crippen molar-refractivity contribution in [3.8, 4) is 11.4 Å². The highest BCUT2D eigenvalue weighted by atomic mass is 79.9. The lowest BCUT2D eigenvalue weighted by molar-refractivity contribution is 0.0695. The van der Waals surface area contributed by atoms with Crippen molar-refractivity contribution < 1.29 is 9.90 Å². The number of carboxylic acids is 1. The van der Waals surface area contributed by atoms with Crippen LogP contribution in [0, 0.1) is 20.8 Å². The number of carboxylic acid groups (broad SMARTS) is 1. The monoisotopic (exact) mass is 320 g/mol. The number of halogens is 1. The van der Waals surface area contributed by atoms with Gasteiger partial charge >= 0.3 is 5.97 Å². The lowest BCUT2D eigenvalue weighted by Crippen LogP contribution is -2.04. The van der Waals surface area contributed by atoms with E-state index in [4.69, 9.17) is 5.11 Å². The van der Waals surface area contributed by atoms with Crippen molar-refractivity contribution in [2.75, 3.05) is 0 Å². The van der Waals surface area contributed by atoms with Gasteiger partial charge < -0.3 is 5.11 Å². The summed E-state index contributed by atoms with van der Waals surface area (Å²) in [5.74, 6) is -0.464. The topological polar surface area (TPSA) is 63.1 Å². The van der Waals surface area contributed by atoms with E-state index in [9.17, 15) is 4.79 Å². The molecule has 0 saturated heterocycles. The fourth-order valence-electron chi connectivity index (χ4n) is 1.89. The van der Waals surface area contributed by atoms with Crippen LogP contribution >= 0.6 is 15.9 Å². The van der Waals surface area contributed by atoms with Crippen LogP contribution in [0.4, 0.5) is 0 Å². The summed E-state index contributed by atoms with van der Waals surface area (Å²) in [5, 5.41) is 8.97. The Hall–Kier alpha value is -1.75. The lowest BCUT2D eigenvalue weighted by Gasteiger charge is -2.08. The van der Waals surface area contributed by atoms with Gasteiger partial charge in [0.25, 0.3) is 0 Å². The van der Waals surface area contributed by atoms with Gasteiger partial charge in [0, 0.05) is 16.2 Å². The van der Waals surface area contributed by atoms with Gasteiger partial charge in [-0.2, -0.15) is 0 Å². The van der Waals surface area contributed by atoms with E-state index in [0.717, 1.165) is 21.2 Å². The largest absolute Gasteiger partial charge is 0.478 e. The zero-order valence-electron chi connectivity index (χ0n) is 10.9. The predicted octanol–water partition coefficient (Wildman–Crippen LogP) is 3.53. The van der Waals surface area contributed by atoms with Crippen molar-refractivity contribution in [2.24, 2.45) is 0 Å². The van der Waals surface area contributed by atoms with E-state index < -0.39 is 5.97 Å². The molecule has 0 aliphatic heterocycles. The third kappa shape index (κ3) is 2.66. The molecule has 1 heterocycles. The van der Waals surface area contributed by atoms with Gasteiger partial charge in [0.1, 0.15) is 0 Å². The van der Waals surface area contributed by atoms with Gasteiger partial charge in [-0.1, -0.05) is 15.9 Å². The maximum atomic E-state index is 10.9. The lowest BCUT2D eigenvalue weighted by atomic mass is 10.1. The first-order chi connectivity index (χ1) is 8.90. The molecule has 0 atom stereocenters. The molecule has 0 saturated carbocycles. The van der Waals surface area contributed by atoms with Crippen LogP contribution in [-0.2, 0) is 0 Å². The number of hydrogen-bond acceptors (Lipinski definition) is 3. The fraction of sp³-hybridized carbons (Fsp3) is 0.214. The molecule has 2 aromatic rings. The highest BCUT2D eigenvalue weighted by molar-refractivity contribution is 9.10. The van der Waals surface area contributed by atoms with Crippen LogP contribution in [0.3, 0.4) is 0 Å². The standard InChI is InChI=1S/C14H13BrN2O2/c1-7-4-10(5-8(2)12(7)15)13-16-6-11(14(18)19)9(3)17-13/h4-6H,1-3H3,(H,18,19). The van der Waals surface area contributed by atoms with E-state index in [1.165, 1.54) is 6.20 Å². The molecule has 98 valence electrons. The van der Waals surface area contributed by atoms with Crippen LogP contribution < -0.4 is 0 Å². The third-order valence-corrected chi connectivity index (χ3v) is 4.16. The van der Waals surface area contributed by atoms with Crippen molar-refractivity contribution in [3.05, 3.63) is 45.2 Å². The summed E-state index contributed by atoms with van der Waals surface area (Å²) in [6.07, 6.45) is 1.35. The summed E-state index contributed by atoms with van der Waals surface area (Å²) in [4.78, 5) is 19.3. The molecule has 19 heavy (non-hydrogen) atoms. The molecule has 0 fully saturated rings. The fourth-order valence-corrected chi connectivity index (χ4v) is 2.12. The SMILES string of the molecule is Cc1cc(-c2ncc(C(=O)O)c(C)n2)cc(C)c1Br. The summed E-state index contributed by atoms with van der Waals surface area (Å²) < 4.78 is 1.06. The molecule has 0 aliphatic rings. The molecule has 0 amide bonds. The molecule has 0 radical (unpaired) electrons. The Bertz CT molecular complexity index is 645. The van der Waals surface area contributed by atoms with Crippen LogP contribution in [0.25, 0.3) is 11.4 Å². The zero-order chi connectivity index (χ0) is 14.2. The van der Waals surface area contributed by atoms with Gasteiger partial charge in [-0.3, -0.25) is 0 Å². The first-order valence-electron chi connectivity index (χ1n) is 5.74. The first-order valence-corrected chi connectivity index (χ1v) is 6.53. The molecule has 1 N–H and O–H groups in total. The normalized spacial score (nSPS) is 10.5. The average Bonchev–Trinajstić information content (AvgIpc) is 2.34. The van der Waals surface area contributed by atoms with Crippen molar-refractivity contribution in [2.45, 2.75) is 20.8 Å². The number of aryl methyl sites for hydroxylation is 3. The minimum absolute atomic E-state index is 0.134. The van der Waals surface area contributed by atoms with E-state index in [1.54, 1.807) is 6.92 Å². The van der Waals surface area contributed by atoms with Gasteiger partial charge in [0.05, 0.1) is 11.3 Å². The summed E-state index contributed by atoms with van der Waals surface area (Å²) in [7, 11) is 0. The van der Waals surface area contributed by atoms with Crippen LogP contribution in [0.1, 0.15) is 27.2 Å². The molecule has 1 aromatic carbocycles. The Morgan fingerprint density at radius 2 is 1.79 bits per heavy atom. The first kappa shape index (κ1) is 13.7. The van der Waals surface area contributed by atoms with Crippen LogP contribution in [0.2, 0.25) is 0 Å². The van der Waals surface area contributed by atoms with E-state index in [0.29, 0.717) is 11.5 Å². The zero-order valence-corrected chi connectivity index (χ0v) is 12.4. The summed E-state index contributed by atoms with van der Waals surface area (Å²) in [5.41, 5.74) is 3.68. The van der Waals surface area contributed by atoms with Gasteiger partial charge in [-0.05, 0) is 44.0 Å². The van der Waals surface area contributed by atoms with Crippen LogP contribution in [-0.4, -0.2) is 21.0 Å². The highest BCUT2D eigenvalue weighted by Gasteiger charge is 2.12. The molecule has 5 heteroatoms. The van der Waals surface area contributed by atoms with Gasteiger partial charge in [-0.15, -0.1) is 0 Å². The Morgan fingerprint density at radius 1 is 1.21 bits per heavy atom. The van der Waals surface area contributed by atoms with Crippen LogP contribution in [0.15, 0.2) is 22.8 Å². The average molecular weight is 321 g/mol. The van der Waals surface area contributed by atoms with Crippen molar-refractivity contribution in [1.29, 1.82) is 0 Å². The second kappa shape index (κ2) is 5.09. The number of aromatic carboxylic acids is 1. The Labute approximate surface area is 119 Å². The second-order valence-electron chi connectivity index (χ2n) is 4.42. The quantitative estimate of drug-likeness (QED) is 0.919. The number of rotatable bonds is 2. The van der Waals surface area contributed by atoms with Crippen molar-refractivity contribution in [1.82, 2.24) is 9.97 Å². The van der Waals surface area contributed by atoms with Gasteiger partial charge in [0.15, 0.2) is 5.82 Å². The summed E-state index contributed by atoms with van der Waals surface area (Å²) in [6, 6.07) is 3.96. The molecule has 1 aromatic heterocycles. The van der Waals surface area contributed by atoms with Crippen molar-refractivity contribution >= 4 is 21.9 Å². The van der Waals surface area contributed by atoms with Crippen molar-refractivity contribution in [3.63, 3.8) is 0 Å². The maximum Gasteiger partial charge on any atom is 0.339 e. The molecular weight excluding hydrogens is 308 g/mol. The Kier molecular flexibility index (Phi) is 3.66. The summed E-state index contributed by atoms with van der Waals surface area (Å²) in [6.45, 7) is 5.67. The highest BCUT2D eigenvalue weighted by Crippen LogP contribution is 2.27. The summed E-state index contributed by atoms with van der Waals surface area (Å²) >= 11 is 3.51. The molecule has 0 bridgehead atoms. The van der Waals surface area contributed by atoms with E-state index in [2.05, 4.69) is 25.9 Å². The van der Waals surface area contributed by atoms with Crippen LogP contribution in [0.5, 0.6) is 0 Å². The second-order valence-corrected chi connectivity index (χ2v) is 5.21. The Balaban J connectivity index is 2.54.